The molecule has 9 rings (SSSR count). The Hall–Kier alpha value is -9.02. The van der Waals surface area contributed by atoms with Gasteiger partial charge in [-0.25, -0.2) is 14.4 Å². The summed E-state index contributed by atoms with van der Waals surface area (Å²) in [7, 11) is 3.01. The van der Waals surface area contributed by atoms with E-state index >= 15 is 0 Å². The van der Waals surface area contributed by atoms with Gasteiger partial charge >= 0.3 is 17.5 Å². The number of azide groups is 1. The number of rotatable bonds is 39. The van der Waals surface area contributed by atoms with Crippen LogP contribution >= 0.6 is 0 Å². The van der Waals surface area contributed by atoms with Crippen LogP contribution in [-0.4, -0.2) is 127 Å². The molecule has 0 radical (unpaired) electrons. The lowest BCUT2D eigenvalue weighted by atomic mass is 9.51. The number of anilines is 3. The van der Waals surface area contributed by atoms with Crippen molar-refractivity contribution in [1.82, 2.24) is 25.0 Å². The average Bonchev–Trinajstić information content (AvgIpc) is 0.870. The van der Waals surface area contributed by atoms with Crippen molar-refractivity contribution in [2.24, 2.45) is 12.2 Å². The molecule has 7 amide bonds. The predicted molar refractivity (Wildman–Crippen MR) is 381 cm³/mol. The maximum absolute atomic E-state index is 14.4. The first-order valence-electron chi connectivity index (χ1n) is 35.6. The van der Waals surface area contributed by atoms with Crippen LogP contribution in [0.15, 0.2) is 91.9 Å². The van der Waals surface area contributed by atoms with Gasteiger partial charge < -0.3 is 55.0 Å². The summed E-state index contributed by atoms with van der Waals surface area (Å²) >= 11 is 0. The molecule has 534 valence electrons. The van der Waals surface area contributed by atoms with E-state index in [0.29, 0.717) is 49.3 Å². The molecule has 1 aromatic heterocycles. The molecular weight excluding hydrogens is 1260 g/mol. The normalized spacial score (nSPS) is 16.4. The van der Waals surface area contributed by atoms with E-state index in [1.807, 2.05) is 57.2 Å². The number of aryl methyl sites for hydroxylation is 1. The van der Waals surface area contributed by atoms with Gasteiger partial charge in [-0.2, -0.15) is 0 Å². The lowest BCUT2D eigenvalue weighted by Crippen LogP contribution is -2.48. The fraction of sp³-hybridized carbons (Fsp3) is 0.560. The lowest BCUT2D eigenvalue weighted by Gasteiger charge is -2.51. The molecule has 24 heteroatoms. The van der Waals surface area contributed by atoms with Crippen molar-refractivity contribution in [3.63, 3.8) is 0 Å². The summed E-state index contributed by atoms with van der Waals surface area (Å²) in [6, 6.07) is 20.9. The Labute approximate surface area is 580 Å². The van der Waals surface area contributed by atoms with Gasteiger partial charge in [-0.05, 0) is 147 Å². The fourth-order valence-corrected chi connectivity index (χ4v) is 13.7. The minimum Gasteiger partial charge on any atom is -0.484 e. The van der Waals surface area contributed by atoms with Crippen LogP contribution in [0.1, 0.15) is 222 Å². The maximum atomic E-state index is 14.4. The molecular formula is C75H101N11O13. The first-order chi connectivity index (χ1) is 47.6. The molecule has 4 aromatic carbocycles. The number of nitrogens with one attached hydrogen (secondary N) is 5. The van der Waals surface area contributed by atoms with Crippen LogP contribution in [0.4, 0.5) is 21.9 Å². The van der Waals surface area contributed by atoms with Crippen LogP contribution in [0, 0.1) is 0 Å². The number of ether oxygens (including phenoxy) is 3. The molecule has 0 unspecified atom stereocenters. The monoisotopic (exact) mass is 1360 g/mol. The van der Waals surface area contributed by atoms with Gasteiger partial charge in [0.2, 0.25) is 29.5 Å². The molecule has 1 aliphatic heterocycles. The number of likely N-dealkylation sites (tertiary alicyclic amines) is 1. The molecule has 2 heterocycles. The highest BCUT2D eigenvalue weighted by Gasteiger charge is 2.52. The molecule has 24 nitrogen and oxygen atoms in total. The Morgan fingerprint density at radius 2 is 1.18 bits per heavy atom. The minimum absolute atomic E-state index is 0.0213. The smallest absolute Gasteiger partial charge is 0.422 e. The summed E-state index contributed by atoms with van der Waals surface area (Å²) < 4.78 is 23.0. The Kier molecular flexibility index (Phi) is 28.1. The molecule has 5 aromatic rings. The number of unbranched alkanes of at least 4 members (excludes halogenated alkanes) is 14. The van der Waals surface area contributed by atoms with E-state index in [-0.39, 0.29) is 98.3 Å². The Morgan fingerprint density at radius 3 is 1.71 bits per heavy atom. The highest BCUT2D eigenvalue weighted by Crippen LogP contribution is 2.62. The Morgan fingerprint density at radius 1 is 0.657 bits per heavy atom. The van der Waals surface area contributed by atoms with E-state index in [1.165, 1.54) is 47.9 Å². The fourth-order valence-electron chi connectivity index (χ4n) is 13.7. The highest BCUT2D eigenvalue weighted by molar-refractivity contribution is 5.94. The molecule has 4 aliphatic rings. The van der Waals surface area contributed by atoms with E-state index in [0.717, 1.165) is 128 Å². The van der Waals surface area contributed by atoms with Gasteiger partial charge in [-0.3, -0.25) is 33.3 Å². The number of hydrogen-bond donors (Lipinski definition) is 5. The van der Waals surface area contributed by atoms with Crippen molar-refractivity contribution in [3.8, 4) is 5.75 Å². The summed E-state index contributed by atoms with van der Waals surface area (Å²) in [6.07, 6.45) is 17.6. The molecule has 1 saturated heterocycles. The number of fused-ring (bicyclic) bond motifs is 1. The van der Waals surface area contributed by atoms with Crippen LogP contribution < -0.4 is 42.7 Å². The number of likely N-dealkylation sites (N-methyl/N-ethyl adjacent to an activating group) is 1. The van der Waals surface area contributed by atoms with Crippen molar-refractivity contribution in [1.29, 1.82) is 0 Å². The number of carbonyl (C=O) groups excluding carboxylic acids is 7. The van der Waals surface area contributed by atoms with Gasteiger partial charge in [-0.1, -0.05) is 121 Å². The summed E-state index contributed by atoms with van der Waals surface area (Å²) in [5.74, 6) is -2.42. The van der Waals surface area contributed by atoms with Crippen molar-refractivity contribution >= 4 is 69.5 Å². The number of aromatic nitrogens is 1. The highest BCUT2D eigenvalue weighted by atomic mass is 16.6. The first kappa shape index (κ1) is 75.7. The second kappa shape index (κ2) is 36.7. The second-order valence-corrected chi connectivity index (χ2v) is 27.4. The molecule has 0 spiro atoms. The third kappa shape index (κ3) is 20.8. The van der Waals surface area contributed by atoms with Crippen LogP contribution in [0.3, 0.4) is 0 Å². The zero-order valence-corrected chi connectivity index (χ0v) is 58.9. The predicted octanol–water partition coefficient (Wildman–Crippen LogP) is 12.5. The standard InChI is InChI=1S/C75H101N11O13/c1-8-10-12-14-17-21-25-65(88)79-50-28-32-55-59(43-50)75(37-36-64(87)77-39-41-96-42-40-84(6)70(92)63-46-53(82-83-76)48-86(63)68(91)49-97-54-31-35-58-62(47-54)85(7)73(95)98-71(58)93)60-44-51(80-66(89)26-22-18-15-13-11-9-2)29-33-56(60)69(55)57-34-30-52(45-61(57)75)81-67(90)27-23-19-16-20-24-38-78-72(94)99-74(3,4)5/h28-35,43-45,47,53,63,69H,8-27,36-42,46,48-49H2,1-7H3,(H,77,87)(H,78,94)(H,79,88)(H,80,89)(H,81,90)/t53-,63-,69?,75?/m0/s1. The number of amides is 7. The zero-order chi connectivity index (χ0) is 71.1. The van der Waals surface area contributed by atoms with E-state index in [9.17, 15) is 48.7 Å². The number of benzene rings is 4. The number of nitrogens with zero attached hydrogens (tertiary/aromatic N) is 6. The number of hydrogen-bond acceptors (Lipinski definition) is 14. The van der Waals surface area contributed by atoms with Gasteiger partial charge in [0.15, 0.2) is 6.61 Å². The van der Waals surface area contributed by atoms with Crippen molar-refractivity contribution in [2.75, 3.05) is 69.0 Å². The Balaban J connectivity index is 0.958. The molecule has 0 saturated carbocycles. The summed E-state index contributed by atoms with van der Waals surface area (Å²) in [5, 5.41) is 19.4. The quantitative estimate of drug-likeness (QED) is 0.0106. The molecule has 99 heavy (non-hydrogen) atoms. The van der Waals surface area contributed by atoms with E-state index < -0.39 is 59.0 Å². The van der Waals surface area contributed by atoms with Crippen LogP contribution in [0.2, 0.25) is 0 Å². The second-order valence-electron chi connectivity index (χ2n) is 27.4. The zero-order valence-electron chi connectivity index (χ0n) is 58.9. The Bertz CT molecular complexity index is 3750. The van der Waals surface area contributed by atoms with Gasteiger partial charge in [-0.15, -0.1) is 0 Å². The van der Waals surface area contributed by atoms with E-state index in [2.05, 4.69) is 68.7 Å². The first-order valence-corrected chi connectivity index (χ1v) is 35.6. The van der Waals surface area contributed by atoms with Gasteiger partial charge in [0, 0.05) is 105 Å². The SMILES string of the molecule is CCCCCCCCC(=O)Nc1ccc2c(c1)C1(CCC(=O)NCCOCCN(C)C(=O)[C@@H]3C[C@H](N=[N+]=[N-])CN3C(=O)COc3ccc4c(=O)oc(=O)n(C)c4c3)c3cc(NC(=O)CCCCCCCC)ccc3C2c2ccc(NC(=O)CCCCCCCNC(=O)OC(C)(C)C)cc21. The van der Waals surface area contributed by atoms with Crippen molar-refractivity contribution in [2.45, 2.75) is 211 Å². The van der Waals surface area contributed by atoms with Gasteiger partial charge in [0.25, 0.3) is 5.91 Å². The summed E-state index contributed by atoms with van der Waals surface area (Å²) in [5.41, 5.74) is 14.8. The summed E-state index contributed by atoms with van der Waals surface area (Å²) in [6.45, 7) is 10.3. The number of carbonyl (C=O) groups is 7. The van der Waals surface area contributed by atoms with E-state index in [4.69, 9.17) is 18.6 Å². The van der Waals surface area contributed by atoms with Crippen LogP contribution in [0.25, 0.3) is 21.3 Å². The summed E-state index contributed by atoms with van der Waals surface area (Å²) in [4.78, 5) is 125. The average molecular weight is 1360 g/mol. The molecule has 3 aliphatic carbocycles. The molecule has 5 N–H and O–H groups in total. The lowest BCUT2D eigenvalue weighted by molar-refractivity contribution is -0.144. The molecule has 1 fully saturated rings. The van der Waals surface area contributed by atoms with Gasteiger partial charge in [0.05, 0.1) is 30.2 Å². The van der Waals surface area contributed by atoms with Crippen molar-refractivity contribution < 1.29 is 52.2 Å². The maximum Gasteiger partial charge on any atom is 0.422 e. The minimum atomic E-state index is -1.02. The topological polar surface area (TPSA) is 315 Å². The molecule has 2 bridgehead atoms. The molecule has 2 atom stereocenters. The third-order valence-corrected chi connectivity index (χ3v) is 18.8. The largest absolute Gasteiger partial charge is 0.484 e. The van der Waals surface area contributed by atoms with Crippen LogP contribution in [0.5, 0.6) is 5.75 Å². The van der Waals surface area contributed by atoms with E-state index in [1.54, 1.807) is 7.05 Å². The van der Waals surface area contributed by atoms with Crippen molar-refractivity contribution in [3.05, 3.63) is 138 Å². The van der Waals surface area contributed by atoms with Crippen LogP contribution in [-0.2, 0) is 50.7 Å². The van der Waals surface area contributed by atoms with Gasteiger partial charge in [0.1, 0.15) is 17.4 Å². The third-order valence-electron chi connectivity index (χ3n) is 18.8. The number of alkyl carbamates (subject to hydrolysis) is 1.